The van der Waals surface area contributed by atoms with Gasteiger partial charge in [0.05, 0.1) is 6.04 Å². The number of carbonyl (C=O) groups is 1. The molecule has 6 nitrogen and oxygen atoms in total. The lowest BCUT2D eigenvalue weighted by molar-refractivity contribution is -0.123. The van der Waals surface area contributed by atoms with Gasteiger partial charge in [-0.2, -0.15) is 4.98 Å². The first-order valence-electron chi connectivity index (χ1n) is 7.52. The second-order valence-electron chi connectivity index (χ2n) is 5.34. The van der Waals surface area contributed by atoms with Gasteiger partial charge < -0.3 is 15.6 Å². The van der Waals surface area contributed by atoms with E-state index in [4.69, 9.17) is 10.3 Å². The molecule has 2 unspecified atom stereocenters. The Morgan fingerprint density at radius 1 is 1.35 bits per heavy atom. The molecule has 7 heteroatoms. The molecule has 3 N–H and O–H groups in total. The first kappa shape index (κ1) is 19.1. The maximum atomic E-state index is 11.9. The normalized spacial score (nSPS) is 13.0. The van der Waals surface area contributed by atoms with Crippen LogP contribution in [0, 0.1) is 0 Å². The fourth-order valence-electron chi connectivity index (χ4n) is 2.12. The highest BCUT2D eigenvalue weighted by atomic mass is 35.5. The van der Waals surface area contributed by atoms with E-state index in [-0.39, 0.29) is 24.4 Å². The third kappa shape index (κ3) is 5.65. The Hall–Kier alpha value is -1.92. The summed E-state index contributed by atoms with van der Waals surface area (Å²) in [5, 5.41) is 6.75. The number of aromatic nitrogens is 2. The van der Waals surface area contributed by atoms with Crippen molar-refractivity contribution in [1.82, 2.24) is 15.5 Å². The molecule has 23 heavy (non-hydrogen) atoms. The Morgan fingerprint density at radius 2 is 2.04 bits per heavy atom. The highest BCUT2D eigenvalue weighted by Gasteiger charge is 2.20. The van der Waals surface area contributed by atoms with E-state index in [0.29, 0.717) is 24.6 Å². The minimum absolute atomic E-state index is 0. The zero-order valence-corrected chi connectivity index (χ0v) is 14.2. The van der Waals surface area contributed by atoms with Gasteiger partial charge >= 0.3 is 0 Å². The lowest BCUT2D eigenvalue weighted by Gasteiger charge is -2.14. The van der Waals surface area contributed by atoms with Crippen LogP contribution in [-0.4, -0.2) is 22.1 Å². The molecule has 0 saturated heterocycles. The average molecular weight is 339 g/mol. The zero-order chi connectivity index (χ0) is 15.9. The van der Waals surface area contributed by atoms with Gasteiger partial charge in [-0.1, -0.05) is 48.8 Å². The van der Waals surface area contributed by atoms with Crippen molar-refractivity contribution in [3.63, 3.8) is 0 Å². The lowest BCUT2D eigenvalue weighted by atomic mass is 10.1. The smallest absolute Gasteiger partial charge is 0.248 e. The van der Waals surface area contributed by atoms with Crippen LogP contribution in [-0.2, 0) is 11.2 Å². The largest absolute Gasteiger partial charge is 0.343 e. The second kappa shape index (κ2) is 9.27. The van der Waals surface area contributed by atoms with Gasteiger partial charge in [0.15, 0.2) is 5.82 Å². The number of nitrogens with zero attached hydrogens (tertiary/aromatic N) is 2. The summed E-state index contributed by atoms with van der Waals surface area (Å²) in [7, 11) is 0. The van der Waals surface area contributed by atoms with Gasteiger partial charge in [0.2, 0.25) is 11.8 Å². The third-order valence-corrected chi connectivity index (χ3v) is 3.35. The number of hydrogen-bond acceptors (Lipinski definition) is 5. The quantitative estimate of drug-likeness (QED) is 0.808. The van der Waals surface area contributed by atoms with E-state index in [0.717, 1.165) is 12.0 Å². The van der Waals surface area contributed by atoms with Crippen LogP contribution < -0.4 is 11.1 Å². The molecule has 1 aromatic heterocycles. The van der Waals surface area contributed by atoms with E-state index < -0.39 is 6.04 Å². The van der Waals surface area contributed by atoms with Crippen molar-refractivity contribution < 1.29 is 9.32 Å². The monoisotopic (exact) mass is 338 g/mol. The van der Waals surface area contributed by atoms with Crippen molar-refractivity contribution in [1.29, 1.82) is 0 Å². The van der Waals surface area contributed by atoms with Gasteiger partial charge in [-0.3, -0.25) is 4.79 Å². The van der Waals surface area contributed by atoms with Crippen LogP contribution >= 0.6 is 12.4 Å². The highest BCUT2D eigenvalue weighted by Crippen LogP contribution is 2.12. The van der Waals surface area contributed by atoms with Gasteiger partial charge in [-0.15, -0.1) is 12.4 Å². The van der Waals surface area contributed by atoms with Gasteiger partial charge in [0, 0.05) is 6.42 Å². The molecular formula is C16H23ClN4O2. The van der Waals surface area contributed by atoms with Crippen LogP contribution in [0.1, 0.15) is 50.0 Å². The average Bonchev–Trinajstić information content (AvgIpc) is 2.97. The second-order valence-corrected chi connectivity index (χ2v) is 5.34. The SMILES string of the molecule is CCCC(N)C(=O)NC(C)c1nc(Cc2ccccc2)no1.Cl. The summed E-state index contributed by atoms with van der Waals surface area (Å²) in [5.41, 5.74) is 6.89. The van der Waals surface area contributed by atoms with Crippen molar-refractivity contribution >= 4 is 18.3 Å². The summed E-state index contributed by atoms with van der Waals surface area (Å²) in [6, 6.07) is 9.05. The predicted octanol–water partition coefficient (Wildman–Crippen LogP) is 2.39. The van der Waals surface area contributed by atoms with Crippen LogP contribution in [0.4, 0.5) is 0 Å². The molecule has 0 aliphatic carbocycles. The van der Waals surface area contributed by atoms with Crippen molar-refractivity contribution in [2.24, 2.45) is 5.73 Å². The predicted molar refractivity (Wildman–Crippen MR) is 90.2 cm³/mol. The van der Waals surface area contributed by atoms with Crippen molar-refractivity contribution in [3.05, 3.63) is 47.6 Å². The molecular weight excluding hydrogens is 316 g/mol. The summed E-state index contributed by atoms with van der Waals surface area (Å²) in [5.74, 6) is 0.792. The molecule has 0 spiro atoms. The lowest BCUT2D eigenvalue weighted by Crippen LogP contribution is -2.41. The fourth-order valence-corrected chi connectivity index (χ4v) is 2.12. The molecule has 1 heterocycles. The Morgan fingerprint density at radius 3 is 2.70 bits per heavy atom. The Balaban J connectivity index is 0.00000264. The first-order chi connectivity index (χ1) is 10.6. The van der Waals surface area contributed by atoms with E-state index in [1.165, 1.54) is 0 Å². The topological polar surface area (TPSA) is 94.0 Å². The number of hydrogen-bond donors (Lipinski definition) is 2. The Kier molecular flexibility index (Phi) is 7.71. The van der Waals surface area contributed by atoms with Crippen molar-refractivity contribution in [2.75, 3.05) is 0 Å². The van der Waals surface area contributed by atoms with E-state index in [2.05, 4.69) is 15.5 Å². The van der Waals surface area contributed by atoms with Crippen LogP contribution in [0.2, 0.25) is 0 Å². The minimum Gasteiger partial charge on any atom is -0.343 e. The summed E-state index contributed by atoms with van der Waals surface area (Å²) >= 11 is 0. The molecule has 0 bridgehead atoms. The molecule has 0 fully saturated rings. The van der Waals surface area contributed by atoms with Gasteiger partial charge in [0.25, 0.3) is 0 Å². The zero-order valence-electron chi connectivity index (χ0n) is 13.4. The van der Waals surface area contributed by atoms with E-state index >= 15 is 0 Å². The molecule has 2 aromatic rings. The summed E-state index contributed by atoms with van der Waals surface area (Å²) in [4.78, 5) is 16.2. The molecule has 2 atom stereocenters. The van der Waals surface area contributed by atoms with Gasteiger partial charge in [0.1, 0.15) is 6.04 Å². The van der Waals surface area contributed by atoms with Crippen molar-refractivity contribution in [2.45, 2.75) is 45.2 Å². The molecule has 0 aliphatic heterocycles. The molecule has 1 aromatic carbocycles. The van der Waals surface area contributed by atoms with Crippen LogP contribution in [0.15, 0.2) is 34.9 Å². The number of nitrogens with two attached hydrogens (primary N) is 1. The number of carbonyl (C=O) groups excluding carboxylic acids is 1. The van der Waals surface area contributed by atoms with Crippen molar-refractivity contribution in [3.8, 4) is 0 Å². The van der Waals surface area contributed by atoms with E-state index in [9.17, 15) is 4.79 Å². The first-order valence-corrected chi connectivity index (χ1v) is 7.52. The minimum atomic E-state index is -0.501. The van der Waals surface area contributed by atoms with Crippen LogP contribution in [0.25, 0.3) is 0 Å². The molecule has 126 valence electrons. The Bertz CT molecular complexity index is 603. The molecule has 0 saturated carbocycles. The van der Waals surface area contributed by atoms with E-state index in [1.807, 2.05) is 37.3 Å². The molecule has 0 radical (unpaired) electrons. The summed E-state index contributed by atoms with van der Waals surface area (Å²) < 4.78 is 5.22. The van der Waals surface area contributed by atoms with Crippen LogP contribution in [0.3, 0.4) is 0 Å². The summed E-state index contributed by atoms with van der Waals surface area (Å²) in [6.07, 6.45) is 2.12. The van der Waals surface area contributed by atoms with Gasteiger partial charge in [-0.25, -0.2) is 0 Å². The Labute approximate surface area is 142 Å². The van der Waals surface area contributed by atoms with Crippen LogP contribution in [0.5, 0.6) is 0 Å². The molecule has 0 aliphatic rings. The van der Waals surface area contributed by atoms with E-state index in [1.54, 1.807) is 6.92 Å². The van der Waals surface area contributed by atoms with Gasteiger partial charge in [-0.05, 0) is 18.9 Å². The standard InChI is InChI=1S/C16H22N4O2.ClH/c1-3-7-13(17)15(21)18-11(2)16-19-14(20-22-16)10-12-8-5-4-6-9-12;/h4-6,8-9,11,13H,3,7,10,17H2,1-2H3,(H,18,21);1H. The number of rotatable bonds is 7. The molecule has 2 rings (SSSR count). The maximum Gasteiger partial charge on any atom is 0.248 e. The third-order valence-electron chi connectivity index (χ3n) is 3.35. The summed E-state index contributed by atoms with van der Waals surface area (Å²) in [6.45, 7) is 3.79. The molecule has 1 amide bonds. The highest BCUT2D eigenvalue weighted by molar-refractivity contribution is 5.85. The maximum absolute atomic E-state index is 11.9. The number of halogens is 1. The fraction of sp³-hybridized carbons (Fsp3) is 0.438. The number of nitrogens with one attached hydrogen (secondary N) is 1. The number of benzene rings is 1. The number of amides is 1.